The third-order valence-electron chi connectivity index (χ3n) is 2.19. The summed E-state index contributed by atoms with van der Waals surface area (Å²) in [5.41, 5.74) is 4.85. The molecule has 0 rings (SSSR count). The van der Waals surface area contributed by atoms with Gasteiger partial charge in [-0.2, -0.15) is 0 Å². The SMILES string of the molecule is CCOC(=O)C(C)(N)CCOCCOC(C)C. The van der Waals surface area contributed by atoms with Crippen LogP contribution < -0.4 is 5.73 Å². The van der Waals surface area contributed by atoms with Crippen LogP contribution >= 0.6 is 0 Å². The van der Waals surface area contributed by atoms with Gasteiger partial charge in [0.15, 0.2) is 0 Å². The maximum absolute atomic E-state index is 11.4. The first-order valence-corrected chi connectivity index (χ1v) is 6.05. The standard InChI is InChI=1S/C12H25NO4/c1-5-16-11(14)12(4,13)6-7-15-8-9-17-10(2)3/h10H,5-9,13H2,1-4H3. The third-order valence-corrected chi connectivity index (χ3v) is 2.19. The van der Waals surface area contributed by atoms with Crippen molar-refractivity contribution < 1.29 is 19.0 Å². The lowest BCUT2D eigenvalue weighted by molar-refractivity contribution is -0.149. The largest absolute Gasteiger partial charge is 0.465 e. The summed E-state index contributed by atoms with van der Waals surface area (Å²) in [6, 6.07) is 0. The molecule has 0 aliphatic rings. The van der Waals surface area contributed by atoms with E-state index in [1.54, 1.807) is 13.8 Å². The zero-order chi connectivity index (χ0) is 13.3. The summed E-state index contributed by atoms with van der Waals surface area (Å²) < 4.78 is 15.5. The van der Waals surface area contributed by atoms with Crippen LogP contribution in [0.2, 0.25) is 0 Å². The van der Waals surface area contributed by atoms with Gasteiger partial charge >= 0.3 is 5.97 Å². The fraction of sp³-hybridized carbons (Fsp3) is 0.917. The molecule has 5 nitrogen and oxygen atoms in total. The van der Waals surface area contributed by atoms with Crippen molar-refractivity contribution in [2.75, 3.05) is 26.4 Å². The summed E-state index contributed by atoms with van der Waals surface area (Å²) in [6.45, 7) is 9.18. The number of ether oxygens (including phenoxy) is 3. The molecule has 1 unspecified atom stereocenters. The highest BCUT2D eigenvalue weighted by molar-refractivity contribution is 5.79. The first-order chi connectivity index (χ1) is 7.90. The summed E-state index contributed by atoms with van der Waals surface area (Å²) in [5.74, 6) is -0.387. The highest BCUT2D eigenvalue weighted by Crippen LogP contribution is 2.08. The second-order valence-corrected chi connectivity index (χ2v) is 4.42. The Balaban J connectivity index is 3.62. The molecule has 0 saturated carbocycles. The number of rotatable bonds is 9. The van der Waals surface area contributed by atoms with Gasteiger partial charge in [-0.3, -0.25) is 4.79 Å². The Morgan fingerprint density at radius 2 is 1.94 bits per heavy atom. The van der Waals surface area contributed by atoms with Crippen LogP contribution in [0.5, 0.6) is 0 Å². The van der Waals surface area contributed by atoms with Gasteiger partial charge in [0, 0.05) is 6.61 Å². The van der Waals surface area contributed by atoms with Crippen molar-refractivity contribution in [3.63, 3.8) is 0 Å². The third kappa shape index (κ3) is 8.12. The minimum absolute atomic E-state index is 0.206. The van der Waals surface area contributed by atoms with E-state index >= 15 is 0 Å². The fourth-order valence-corrected chi connectivity index (χ4v) is 1.13. The van der Waals surface area contributed by atoms with Gasteiger partial charge in [0.25, 0.3) is 0 Å². The van der Waals surface area contributed by atoms with Crippen LogP contribution in [0.3, 0.4) is 0 Å². The molecule has 102 valence electrons. The van der Waals surface area contributed by atoms with Crippen molar-refractivity contribution in [1.82, 2.24) is 0 Å². The van der Waals surface area contributed by atoms with Crippen molar-refractivity contribution >= 4 is 5.97 Å². The molecule has 0 aliphatic heterocycles. The highest BCUT2D eigenvalue weighted by atomic mass is 16.5. The average molecular weight is 247 g/mol. The van der Waals surface area contributed by atoms with Gasteiger partial charge in [-0.15, -0.1) is 0 Å². The normalized spacial score (nSPS) is 14.7. The number of hydrogen-bond donors (Lipinski definition) is 1. The van der Waals surface area contributed by atoms with Crippen LogP contribution in [0.4, 0.5) is 0 Å². The minimum atomic E-state index is -0.977. The second kappa shape index (κ2) is 8.44. The molecule has 0 aliphatic carbocycles. The summed E-state index contributed by atoms with van der Waals surface area (Å²) >= 11 is 0. The van der Waals surface area contributed by atoms with Crippen molar-refractivity contribution in [1.29, 1.82) is 0 Å². The zero-order valence-electron chi connectivity index (χ0n) is 11.3. The molecule has 0 bridgehead atoms. The highest BCUT2D eigenvalue weighted by Gasteiger charge is 2.29. The number of hydrogen-bond acceptors (Lipinski definition) is 5. The van der Waals surface area contributed by atoms with Crippen molar-refractivity contribution in [3.05, 3.63) is 0 Å². The maximum atomic E-state index is 11.4. The minimum Gasteiger partial charge on any atom is -0.465 e. The summed E-state index contributed by atoms with van der Waals surface area (Å²) in [6.07, 6.45) is 0.644. The summed E-state index contributed by atoms with van der Waals surface area (Å²) in [7, 11) is 0. The predicted molar refractivity (Wildman–Crippen MR) is 65.7 cm³/mol. The molecule has 17 heavy (non-hydrogen) atoms. The second-order valence-electron chi connectivity index (χ2n) is 4.42. The summed E-state index contributed by atoms with van der Waals surface area (Å²) in [5, 5.41) is 0. The number of nitrogens with two attached hydrogens (primary N) is 1. The molecule has 0 saturated heterocycles. The van der Waals surface area contributed by atoms with Gasteiger partial charge < -0.3 is 19.9 Å². The van der Waals surface area contributed by atoms with Crippen LogP contribution in [0, 0.1) is 0 Å². The Morgan fingerprint density at radius 1 is 1.29 bits per heavy atom. The zero-order valence-corrected chi connectivity index (χ0v) is 11.3. The van der Waals surface area contributed by atoms with E-state index in [4.69, 9.17) is 19.9 Å². The Labute approximate surface area is 104 Å². The molecular formula is C12H25NO4. The number of carbonyl (C=O) groups excluding carboxylic acids is 1. The van der Waals surface area contributed by atoms with Gasteiger partial charge in [-0.05, 0) is 34.1 Å². The monoisotopic (exact) mass is 247 g/mol. The smallest absolute Gasteiger partial charge is 0.325 e. The lowest BCUT2D eigenvalue weighted by Gasteiger charge is -2.21. The number of carbonyl (C=O) groups is 1. The Kier molecular flexibility index (Phi) is 8.12. The van der Waals surface area contributed by atoms with E-state index in [0.717, 1.165) is 0 Å². The van der Waals surface area contributed by atoms with E-state index in [2.05, 4.69) is 0 Å². The number of esters is 1. The predicted octanol–water partition coefficient (Wildman–Crippen LogP) is 1.10. The fourth-order valence-electron chi connectivity index (χ4n) is 1.13. The van der Waals surface area contributed by atoms with Gasteiger partial charge in [-0.1, -0.05) is 0 Å². The molecule has 1 atom stereocenters. The van der Waals surface area contributed by atoms with Crippen molar-refractivity contribution in [3.8, 4) is 0 Å². The van der Waals surface area contributed by atoms with E-state index in [1.165, 1.54) is 0 Å². The van der Waals surface area contributed by atoms with Gasteiger partial charge in [0.1, 0.15) is 5.54 Å². The molecule has 0 spiro atoms. The van der Waals surface area contributed by atoms with E-state index < -0.39 is 5.54 Å². The molecule has 5 heteroatoms. The van der Waals surface area contributed by atoms with Gasteiger partial charge in [0.2, 0.25) is 0 Å². The lowest BCUT2D eigenvalue weighted by Crippen LogP contribution is -2.47. The van der Waals surface area contributed by atoms with Crippen LogP contribution in [0.25, 0.3) is 0 Å². The first kappa shape index (κ1) is 16.4. The van der Waals surface area contributed by atoms with E-state index in [0.29, 0.717) is 32.8 Å². The molecule has 0 amide bonds. The molecule has 0 fully saturated rings. The molecule has 2 N–H and O–H groups in total. The van der Waals surface area contributed by atoms with Crippen molar-refractivity contribution in [2.45, 2.75) is 45.8 Å². The van der Waals surface area contributed by atoms with Crippen molar-refractivity contribution in [2.24, 2.45) is 5.73 Å². The molecule has 0 radical (unpaired) electrons. The molecule has 0 aromatic rings. The Hall–Kier alpha value is -0.650. The lowest BCUT2D eigenvalue weighted by atomic mass is 10.0. The maximum Gasteiger partial charge on any atom is 0.325 e. The van der Waals surface area contributed by atoms with Gasteiger partial charge in [-0.25, -0.2) is 0 Å². The molecule has 0 heterocycles. The van der Waals surface area contributed by atoms with E-state index in [-0.39, 0.29) is 12.1 Å². The topological polar surface area (TPSA) is 70.8 Å². The van der Waals surface area contributed by atoms with Gasteiger partial charge in [0.05, 0.1) is 25.9 Å². The van der Waals surface area contributed by atoms with Crippen LogP contribution in [0.1, 0.15) is 34.1 Å². The van der Waals surface area contributed by atoms with E-state index in [9.17, 15) is 4.79 Å². The average Bonchev–Trinajstić information content (AvgIpc) is 2.23. The van der Waals surface area contributed by atoms with Crippen LogP contribution in [0.15, 0.2) is 0 Å². The molecular weight excluding hydrogens is 222 g/mol. The first-order valence-electron chi connectivity index (χ1n) is 6.05. The van der Waals surface area contributed by atoms with E-state index in [1.807, 2.05) is 13.8 Å². The molecule has 0 aromatic carbocycles. The quantitative estimate of drug-likeness (QED) is 0.488. The Bertz CT molecular complexity index is 217. The summed E-state index contributed by atoms with van der Waals surface area (Å²) in [4.78, 5) is 11.4. The Morgan fingerprint density at radius 3 is 2.47 bits per heavy atom. The van der Waals surface area contributed by atoms with Crippen LogP contribution in [-0.2, 0) is 19.0 Å². The van der Waals surface area contributed by atoms with Crippen LogP contribution in [-0.4, -0.2) is 44.0 Å². The molecule has 0 aromatic heterocycles.